The van der Waals surface area contributed by atoms with E-state index in [2.05, 4.69) is 26.0 Å². The van der Waals surface area contributed by atoms with E-state index >= 15 is 0 Å². The molecular formula is C22H30O3. The van der Waals surface area contributed by atoms with Gasteiger partial charge in [0, 0.05) is 6.42 Å². The lowest BCUT2D eigenvalue weighted by Gasteiger charge is -2.57. The van der Waals surface area contributed by atoms with E-state index < -0.39 is 0 Å². The van der Waals surface area contributed by atoms with Crippen LogP contribution in [0.25, 0.3) is 0 Å². The summed E-state index contributed by atoms with van der Waals surface area (Å²) in [5, 5.41) is 0. The Morgan fingerprint density at radius 1 is 1.12 bits per heavy atom. The minimum Gasteiger partial charge on any atom is -0.464 e. The zero-order chi connectivity index (χ0) is 17.8. The summed E-state index contributed by atoms with van der Waals surface area (Å²) >= 11 is 0. The van der Waals surface area contributed by atoms with Gasteiger partial charge in [-0.05, 0) is 79.6 Å². The van der Waals surface area contributed by atoms with Crippen molar-refractivity contribution >= 4 is 12.3 Å². The Morgan fingerprint density at radius 3 is 2.60 bits per heavy atom. The third-order valence-corrected chi connectivity index (χ3v) is 8.27. The summed E-state index contributed by atoms with van der Waals surface area (Å²) in [7, 11) is 0. The lowest BCUT2D eigenvalue weighted by Crippen LogP contribution is -2.50. The highest BCUT2D eigenvalue weighted by molar-refractivity contribution is 5.95. The van der Waals surface area contributed by atoms with Crippen molar-refractivity contribution in [2.75, 3.05) is 0 Å². The van der Waals surface area contributed by atoms with Crippen molar-refractivity contribution in [2.24, 2.45) is 28.6 Å². The Hall–Kier alpha value is -1.38. The van der Waals surface area contributed by atoms with Gasteiger partial charge in [-0.2, -0.15) is 0 Å². The van der Waals surface area contributed by atoms with Crippen LogP contribution in [0.1, 0.15) is 65.7 Å². The zero-order valence-corrected chi connectivity index (χ0v) is 15.7. The first-order valence-corrected chi connectivity index (χ1v) is 9.90. The Labute approximate surface area is 150 Å². The molecular weight excluding hydrogens is 312 g/mol. The van der Waals surface area contributed by atoms with Crippen molar-refractivity contribution in [1.29, 1.82) is 0 Å². The van der Waals surface area contributed by atoms with Crippen molar-refractivity contribution in [1.82, 2.24) is 0 Å². The summed E-state index contributed by atoms with van der Waals surface area (Å²) in [6.07, 6.45) is 12.3. The van der Waals surface area contributed by atoms with Crippen LogP contribution in [0, 0.1) is 28.6 Å². The maximum atomic E-state index is 12.1. The number of hydrogen-bond acceptors (Lipinski definition) is 3. The summed E-state index contributed by atoms with van der Waals surface area (Å²) < 4.78 is 5.27. The fraction of sp³-hybridized carbons (Fsp3) is 0.727. The van der Waals surface area contributed by atoms with E-state index in [1.165, 1.54) is 12.0 Å². The number of carbonyl (C=O) groups excluding carboxylic acids is 2. The molecule has 25 heavy (non-hydrogen) atoms. The van der Waals surface area contributed by atoms with Gasteiger partial charge in [0.2, 0.25) is 0 Å². The molecule has 2 fully saturated rings. The molecule has 0 unspecified atom stereocenters. The number of hydrogen-bond donors (Lipinski definition) is 0. The molecule has 4 aliphatic rings. The number of ether oxygens (including phenoxy) is 1. The maximum absolute atomic E-state index is 12.1. The third-order valence-electron chi connectivity index (χ3n) is 8.27. The van der Waals surface area contributed by atoms with Crippen LogP contribution in [0.15, 0.2) is 23.3 Å². The third kappa shape index (κ3) is 2.38. The molecule has 0 N–H and O–H groups in total. The molecule has 0 amide bonds. The second-order valence-electron chi connectivity index (χ2n) is 9.22. The Morgan fingerprint density at radius 2 is 1.88 bits per heavy atom. The minimum absolute atomic E-state index is 0.0692. The van der Waals surface area contributed by atoms with Gasteiger partial charge < -0.3 is 4.74 Å². The molecule has 4 aliphatic carbocycles. The number of Topliss-reactive ketones (excluding diaryl/α,β-unsaturated/α-hetero) is 1. The van der Waals surface area contributed by atoms with Crippen molar-refractivity contribution < 1.29 is 14.3 Å². The molecule has 0 radical (unpaired) electrons. The first-order chi connectivity index (χ1) is 11.9. The lowest BCUT2D eigenvalue weighted by molar-refractivity contribution is -0.136. The summed E-state index contributed by atoms with van der Waals surface area (Å²) in [6, 6.07) is 0. The fourth-order valence-corrected chi connectivity index (χ4v) is 6.94. The molecule has 0 bridgehead atoms. The molecule has 2 saturated carbocycles. The molecule has 3 heteroatoms. The second kappa shape index (κ2) is 5.82. The summed E-state index contributed by atoms with van der Waals surface area (Å²) in [5.74, 6) is 2.28. The quantitative estimate of drug-likeness (QED) is 0.555. The summed E-state index contributed by atoms with van der Waals surface area (Å²) in [6.45, 7) is 7.13. The molecule has 3 nitrogen and oxygen atoms in total. The van der Waals surface area contributed by atoms with Crippen LogP contribution in [-0.4, -0.2) is 18.4 Å². The van der Waals surface area contributed by atoms with Crippen molar-refractivity contribution in [3.8, 4) is 0 Å². The monoisotopic (exact) mass is 342 g/mol. The number of rotatable bonds is 3. The normalized spacial score (nSPS) is 45.4. The zero-order valence-electron chi connectivity index (χ0n) is 15.7. The predicted molar refractivity (Wildman–Crippen MR) is 96.8 cm³/mol. The molecule has 0 aromatic heterocycles. The van der Waals surface area contributed by atoms with E-state index in [1.807, 2.05) is 0 Å². The second-order valence-corrected chi connectivity index (χ2v) is 9.22. The van der Waals surface area contributed by atoms with Crippen LogP contribution in [0.3, 0.4) is 0 Å². The van der Waals surface area contributed by atoms with E-state index in [0.29, 0.717) is 24.2 Å². The minimum atomic E-state index is 0.0692. The van der Waals surface area contributed by atoms with Gasteiger partial charge in [0.25, 0.3) is 6.47 Å². The van der Waals surface area contributed by atoms with Crippen molar-refractivity contribution in [2.45, 2.75) is 71.8 Å². The van der Waals surface area contributed by atoms with Gasteiger partial charge >= 0.3 is 0 Å². The first kappa shape index (κ1) is 17.1. The largest absolute Gasteiger partial charge is 0.464 e. The molecule has 6 atom stereocenters. The van der Waals surface area contributed by atoms with Crippen LogP contribution in [0.4, 0.5) is 0 Å². The van der Waals surface area contributed by atoms with Crippen LogP contribution >= 0.6 is 0 Å². The lowest BCUT2D eigenvalue weighted by atomic mass is 9.47. The summed E-state index contributed by atoms with van der Waals surface area (Å²) in [4.78, 5) is 22.8. The van der Waals surface area contributed by atoms with Gasteiger partial charge in [0.05, 0.1) is 0 Å². The fourth-order valence-electron chi connectivity index (χ4n) is 6.94. The van der Waals surface area contributed by atoms with Gasteiger partial charge in [-0.1, -0.05) is 31.6 Å². The standard InChI is InChI=1S/C22H30O3/c1-14(24)18-6-7-19-17-5-4-15-12-16(25-13-23)8-10-21(15,2)20(17)9-11-22(18,19)3/h4,6,13,16-17,19-20H,5,7-12H2,1-3H3/t16-,17-,19-,20-,21-,22+/m0/s1. The van der Waals surface area contributed by atoms with Crippen LogP contribution in [0.5, 0.6) is 0 Å². The average molecular weight is 342 g/mol. The average Bonchev–Trinajstić information content (AvgIpc) is 2.93. The predicted octanol–water partition coefficient (Wildman–Crippen LogP) is 4.62. The molecule has 136 valence electrons. The van der Waals surface area contributed by atoms with Gasteiger partial charge in [0.1, 0.15) is 6.10 Å². The van der Waals surface area contributed by atoms with Crippen LogP contribution < -0.4 is 0 Å². The Balaban J connectivity index is 1.61. The number of allylic oxidation sites excluding steroid dienone is 3. The first-order valence-electron chi connectivity index (χ1n) is 9.90. The molecule has 0 saturated heterocycles. The Bertz CT molecular complexity index is 660. The van der Waals surface area contributed by atoms with Crippen molar-refractivity contribution in [3.63, 3.8) is 0 Å². The van der Waals surface area contributed by atoms with E-state index in [4.69, 9.17) is 4.74 Å². The summed E-state index contributed by atoms with van der Waals surface area (Å²) in [5.41, 5.74) is 2.96. The molecule has 0 aromatic carbocycles. The highest BCUT2D eigenvalue weighted by Crippen LogP contribution is 2.65. The van der Waals surface area contributed by atoms with Crippen LogP contribution in [-0.2, 0) is 14.3 Å². The van der Waals surface area contributed by atoms with Crippen molar-refractivity contribution in [3.05, 3.63) is 23.3 Å². The van der Waals surface area contributed by atoms with E-state index in [9.17, 15) is 9.59 Å². The van der Waals surface area contributed by atoms with E-state index in [-0.39, 0.29) is 22.7 Å². The van der Waals surface area contributed by atoms with E-state index in [0.717, 1.165) is 44.1 Å². The topological polar surface area (TPSA) is 43.4 Å². The maximum Gasteiger partial charge on any atom is 0.293 e. The molecule has 0 aliphatic heterocycles. The van der Waals surface area contributed by atoms with Gasteiger partial charge in [-0.3, -0.25) is 9.59 Å². The molecule has 4 rings (SSSR count). The van der Waals surface area contributed by atoms with Gasteiger partial charge in [-0.15, -0.1) is 0 Å². The number of fused-ring (bicyclic) bond motifs is 5. The SMILES string of the molecule is CC(=O)C1=CC[C@H]2[C@@H]3CC=C4C[C@@H](OC=O)CC[C@]4(C)[C@H]3CC[C@]12C. The Kier molecular flexibility index (Phi) is 3.97. The molecule has 0 heterocycles. The van der Waals surface area contributed by atoms with Crippen LogP contribution in [0.2, 0.25) is 0 Å². The van der Waals surface area contributed by atoms with E-state index in [1.54, 1.807) is 6.92 Å². The number of ketones is 1. The number of carbonyl (C=O) groups is 2. The van der Waals surface area contributed by atoms with Gasteiger partial charge in [0.15, 0.2) is 5.78 Å². The molecule has 0 aromatic rings. The molecule has 0 spiro atoms. The highest BCUT2D eigenvalue weighted by atomic mass is 16.5. The highest BCUT2D eigenvalue weighted by Gasteiger charge is 2.57. The van der Waals surface area contributed by atoms with Gasteiger partial charge in [-0.25, -0.2) is 0 Å². The smallest absolute Gasteiger partial charge is 0.293 e.